The second kappa shape index (κ2) is 6.47. The van der Waals surface area contributed by atoms with Crippen molar-refractivity contribution in [2.24, 2.45) is 5.92 Å². The number of hydrogen-bond acceptors (Lipinski definition) is 5. The molecule has 0 spiro atoms. The van der Waals surface area contributed by atoms with E-state index in [1.54, 1.807) is 18.5 Å². The highest BCUT2D eigenvalue weighted by atomic mass is 16.2. The van der Waals surface area contributed by atoms with Gasteiger partial charge in [-0.3, -0.25) is 20.6 Å². The summed E-state index contributed by atoms with van der Waals surface area (Å²) in [6.07, 6.45) is 6.13. The van der Waals surface area contributed by atoms with Crippen LogP contribution in [0.4, 0.5) is 5.95 Å². The molecule has 6 heteroatoms. The lowest BCUT2D eigenvalue weighted by molar-refractivity contribution is 0.0962. The number of aromatic nitrogens is 3. The van der Waals surface area contributed by atoms with Crippen LogP contribution in [0.2, 0.25) is 0 Å². The summed E-state index contributed by atoms with van der Waals surface area (Å²) in [6.45, 7) is 2.22. The average Bonchev–Trinajstić information content (AvgIpc) is 2.65. The minimum atomic E-state index is -0.184. The molecule has 1 aliphatic carbocycles. The summed E-state index contributed by atoms with van der Waals surface area (Å²) >= 11 is 0. The molecule has 6 nitrogen and oxygen atoms in total. The second-order valence-electron chi connectivity index (χ2n) is 6.43. The maximum absolute atomic E-state index is 13.0. The van der Waals surface area contributed by atoms with Crippen LogP contribution in [0.1, 0.15) is 35.0 Å². The third-order valence-electron chi connectivity index (χ3n) is 4.59. The monoisotopic (exact) mass is 333 g/mol. The van der Waals surface area contributed by atoms with Crippen molar-refractivity contribution >= 4 is 22.8 Å². The standard InChI is InChI=1S/C19H19N5O/c1-12-7-8-16-14(11-12)17(13-5-2-3-6-15(13)22-16)18(25)23-24-19-20-9-4-10-21-19/h2-6,9-10,12H,7-8,11H2,1H3,(H,23,25)(H,20,21,24)/t12-/m1/s1. The number of rotatable bonds is 3. The summed E-state index contributed by atoms with van der Waals surface area (Å²) in [7, 11) is 0. The van der Waals surface area contributed by atoms with E-state index in [4.69, 9.17) is 4.98 Å². The minimum absolute atomic E-state index is 0.184. The van der Waals surface area contributed by atoms with Crippen LogP contribution in [0.3, 0.4) is 0 Å². The number of pyridine rings is 1. The SMILES string of the molecule is C[C@@H]1CCc2nc3ccccc3c(C(=O)NNc3ncccn3)c2C1. The Morgan fingerprint density at radius 3 is 2.80 bits per heavy atom. The van der Waals surface area contributed by atoms with Gasteiger partial charge in [0.15, 0.2) is 0 Å². The molecular formula is C19H19N5O. The number of amides is 1. The second-order valence-corrected chi connectivity index (χ2v) is 6.43. The molecule has 1 aliphatic rings. The molecule has 1 atom stereocenters. The number of aryl methyl sites for hydroxylation is 1. The Morgan fingerprint density at radius 1 is 1.16 bits per heavy atom. The van der Waals surface area contributed by atoms with E-state index in [2.05, 4.69) is 27.7 Å². The third-order valence-corrected chi connectivity index (χ3v) is 4.59. The number of fused-ring (bicyclic) bond motifs is 2. The number of nitrogens with zero attached hydrogens (tertiary/aromatic N) is 3. The molecule has 0 bridgehead atoms. The maximum Gasteiger partial charge on any atom is 0.270 e. The number of carbonyl (C=O) groups is 1. The van der Waals surface area contributed by atoms with Gasteiger partial charge in [0.25, 0.3) is 5.91 Å². The van der Waals surface area contributed by atoms with Crippen LogP contribution in [0.15, 0.2) is 42.7 Å². The molecule has 2 heterocycles. The summed E-state index contributed by atoms with van der Waals surface area (Å²) in [5, 5.41) is 0.878. The van der Waals surface area contributed by atoms with E-state index in [1.807, 2.05) is 24.3 Å². The van der Waals surface area contributed by atoms with E-state index in [1.165, 1.54) is 0 Å². The summed E-state index contributed by atoms with van der Waals surface area (Å²) in [6, 6.07) is 9.52. The fourth-order valence-corrected chi connectivity index (χ4v) is 3.36. The number of carbonyl (C=O) groups excluding carboxylic acids is 1. The van der Waals surface area contributed by atoms with Gasteiger partial charge in [0, 0.05) is 23.5 Å². The topological polar surface area (TPSA) is 79.8 Å². The van der Waals surface area contributed by atoms with Crippen molar-refractivity contribution in [3.8, 4) is 0 Å². The van der Waals surface area contributed by atoms with Gasteiger partial charge in [-0.15, -0.1) is 0 Å². The van der Waals surface area contributed by atoms with Crippen LogP contribution in [-0.2, 0) is 12.8 Å². The van der Waals surface area contributed by atoms with Crippen LogP contribution in [0.5, 0.6) is 0 Å². The van der Waals surface area contributed by atoms with Crippen molar-refractivity contribution in [2.75, 3.05) is 5.43 Å². The Hall–Kier alpha value is -3.02. The van der Waals surface area contributed by atoms with Gasteiger partial charge in [-0.05, 0) is 42.9 Å². The molecule has 0 aliphatic heterocycles. The fraction of sp³-hybridized carbons (Fsp3) is 0.263. The molecule has 1 amide bonds. The van der Waals surface area contributed by atoms with Crippen molar-refractivity contribution in [3.63, 3.8) is 0 Å². The van der Waals surface area contributed by atoms with Crippen molar-refractivity contribution < 1.29 is 4.79 Å². The van der Waals surface area contributed by atoms with Gasteiger partial charge in [0.05, 0.1) is 11.1 Å². The van der Waals surface area contributed by atoms with E-state index in [0.29, 0.717) is 17.4 Å². The van der Waals surface area contributed by atoms with Gasteiger partial charge in [-0.1, -0.05) is 25.1 Å². The molecule has 0 fully saturated rings. The molecule has 0 unspecified atom stereocenters. The molecule has 2 aromatic heterocycles. The molecule has 0 saturated heterocycles. The first-order chi connectivity index (χ1) is 12.2. The maximum atomic E-state index is 13.0. The van der Waals surface area contributed by atoms with Crippen LogP contribution in [-0.4, -0.2) is 20.9 Å². The fourth-order valence-electron chi connectivity index (χ4n) is 3.36. The molecule has 25 heavy (non-hydrogen) atoms. The number of benzene rings is 1. The van der Waals surface area contributed by atoms with Crippen molar-refractivity contribution in [1.29, 1.82) is 0 Å². The van der Waals surface area contributed by atoms with Crippen LogP contribution in [0.25, 0.3) is 10.9 Å². The molecule has 3 aromatic rings. The van der Waals surface area contributed by atoms with E-state index in [9.17, 15) is 4.79 Å². The highest BCUT2D eigenvalue weighted by molar-refractivity contribution is 6.08. The zero-order valence-electron chi connectivity index (χ0n) is 14.0. The lowest BCUT2D eigenvalue weighted by Crippen LogP contribution is -2.32. The lowest BCUT2D eigenvalue weighted by Gasteiger charge is -2.24. The minimum Gasteiger partial charge on any atom is -0.267 e. The number of anilines is 1. The Bertz CT molecular complexity index is 926. The van der Waals surface area contributed by atoms with Crippen LogP contribution < -0.4 is 10.9 Å². The lowest BCUT2D eigenvalue weighted by atomic mass is 9.84. The Kier molecular flexibility index (Phi) is 4.01. The smallest absolute Gasteiger partial charge is 0.267 e. The number of hydrogen-bond donors (Lipinski definition) is 2. The van der Waals surface area contributed by atoms with E-state index < -0.39 is 0 Å². The van der Waals surface area contributed by atoms with Gasteiger partial charge in [0.1, 0.15) is 0 Å². The summed E-state index contributed by atoms with van der Waals surface area (Å²) < 4.78 is 0. The largest absolute Gasteiger partial charge is 0.270 e. The van der Waals surface area contributed by atoms with Crippen LogP contribution >= 0.6 is 0 Å². The Labute approximate surface area is 145 Å². The first-order valence-corrected chi connectivity index (χ1v) is 8.46. The molecule has 4 rings (SSSR count). The molecule has 126 valence electrons. The molecule has 2 N–H and O–H groups in total. The Morgan fingerprint density at radius 2 is 1.96 bits per heavy atom. The van der Waals surface area contributed by atoms with E-state index in [-0.39, 0.29) is 5.91 Å². The zero-order valence-corrected chi connectivity index (χ0v) is 14.0. The zero-order chi connectivity index (χ0) is 17.2. The predicted molar refractivity (Wildman–Crippen MR) is 96.1 cm³/mol. The molecule has 0 radical (unpaired) electrons. The van der Waals surface area contributed by atoms with Crippen molar-refractivity contribution in [2.45, 2.75) is 26.2 Å². The van der Waals surface area contributed by atoms with Crippen molar-refractivity contribution in [3.05, 3.63) is 59.5 Å². The first kappa shape index (κ1) is 15.5. The molecular weight excluding hydrogens is 314 g/mol. The predicted octanol–water partition coefficient (Wildman–Crippen LogP) is 2.91. The quantitative estimate of drug-likeness (QED) is 0.721. The van der Waals surface area contributed by atoms with Crippen LogP contribution in [0, 0.1) is 5.92 Å². The van der Waals surface area contributed by atoms with Gasteiger partial charge < -0.3 is 0 Å². The van der Waals surface area contributed by atoms with E-state index >= 15 is 0 Å². The summed E-state index contributed by atoms with van der Waals surface area (Å²) in [4.78, 5) is 25.9. The number of para-hydroxylation sites is 1. The van der Waals surface area contributed by atoms with Gasteiger partial charge in [-0.2, -0.15) is 0 Å². The molecule has 1 aromatic carbocycles. The van der Waals surface area contributed by atoms with Gasteiger partial charge in [0.2, 0.25) is 5.95 Å². The first-order valence-electron chi connectivity index (χ1n) is 8.46. The molecule has 0 saturated carbocycles. The van der Waals surface area contributed by atoms with Gasteiger partial charge >= 0.3 is 0 Å². The normalized spacial score (nSPS) is 16.3. The van der Waals surface area contributed by atoms with E-state index in [0.717, 1.165) is 41.4 Å². The summed E-state index contributed by atoms with van der Waals surface area (Å²) in [5.41, 5.74) is 9.18. The van der Waals surface area contributed by atoms with Crippen molar-refractivity contribution in [1.82, 2.24) is 20.4 Å². The summed E-state index contributed by atoms with van der Waals surface area (Å²) in [5.74, 6) is 0.722. The third kappa shape index (κ3) is 3.03. The van der Waals surface area contributed by atoms with Gasteiger partial charge in [-0.25, -0.2) is 9.97 Å². The average molecular weight is 333 g/mol. The number of nitrogens with one attached hydrogen (secondary N) is 2. The number of hydrazine groups is 1. The highest BCUT2D eigenvalue weighted by Gasteiger charge is 2.25. The Balaban J connectivity index is 1.74. The highest BCUT2D eigenvalue weighted by Crippen LogP contribution is 2.31.